The van der Waals surface area contributed by atoms with E-state index < -0.39 is 30.1 Å². The summed E-state index contributed by atoms with van der Waals surface area (Å²) in [6, 6.07) is 0.593. The third kappa shape index (κ3) is 4.75. The Kier molecular flexibility index (Phi) is 6.15. The average molecular weight is 523 g/mol. The molecule has 1 aromatic rings. The molecule has 0 unspecified atom stereocenters. The molecule has 0 N–H and O–H groups in total. The number of alkyl halides is 6. The highest BCUT2D eigenvalue weighted by atomic mass is 19.4. The summed E-state index contributed by atoms with van der Waals surface area (Å²) in [5, 5.41) is 0. The number of imidazole rings is 1. The van der Waals surface area contributed by atoms with Gasteiger partial charge in [0.1, 0.15) is 11.5 Å². The Hall–Kier alpha value is -2.51. The van der Waals surface area contributed by atoms with Gasteiger partial charge in [0.2, 0.25) is 0 Å². The van der Waals surface area contributed by atoms with Gasteiger partial charge in [-0.25, -0.2) is 9.78 Å². The van der Waals surface area contributed by atoms with E-state index in [0.29, 0.717) is 37.7 Å². The van der Waals surface area contributed by atoms with Crippen LogP contribution in [-0.4, -0.2) is 92.5 Å². The molecule has 14 heteroatoms. The number of ether oxygens (including phenoxy) is 1. The van der Waals surface area contributed by atoms with Crippen LogP contribution in [0.3, 0.4) is 0 Å². The molecule has 1 aliphatic carbocycles. The first kappa shape index (κ1) is 25.2. The van der Waals surface area contributed by atoms with Crippen LogP contribution in [-0.2, 0) is 17.8 Å². The highest BCUT2D eigenvalue weighted by Gasteiger charge is 2.60. The van der Waals surface area contributed by atoms with E-state index in [9.17, 15) is 35.9 Å². The second kappa shape index (κ2) is 8.80. The van der Waals surface area contributed by atoms with E-state index in [1.165, 1.54) is 12.8 Å². The van der Waals surface area contributed by atoms with Crippen LogP contribution < -0.4 is 0 Å². The maximum Gasteiger partial charge on any atom is 0.434 e. The van der Waals surface area contributed by atoms with Crippen molar-refractivity contribution in [3.63, 3.8) is 0 Å². The molecule has 0 bridgehead atoms. The highest BCUT2D eigenvalue weighted by molar-refractivity contribution is 5.93. The summed E-state index contributed by atoms with van der Waals surface area (Å²) in [5.74, 6) is 0.601. The molecule has 200 valence electrons. The van der Waals surface area contributed by atoms with Gasteiger partial charge in [-0.2, -0.15) is 26.3 Å². The molecule has 1 spiro atoms. The minimum Gasteiger partial charge on any atom is -0.426 e. The lowest BCUT2D eigenvalue weighted by Gasteiger charge is -2.44. The Balaban J connectivity index is 1.23. The number of piperidine rings is 1. The molecule has 5 rings (SSSR count). The third-order valence-electron chi connectivity index (χ3n) is 7.72. The standard InChI is InChI=1S/C22H27F6N5O3/c23-21(24,25)18(22(26,27)28)36-19(35)30-8-5-20(6-9-30)4-1-7-33(20)17(34)15-12-32-11-10-31(14-2-3-14)13-16(32)29-15/h12,14,18H,1-11,13H2. The number of likely N-dealkylation sites (tertiary alicyclic amines) is 2. The summed E-state index contributed by atoms with van der Waals surface area (Å²) < 4.78 is 82.4. The van der Waals surface area contributed by atoms with E-state index in [0.717, 1.165) is 23.8 Å². The fourth-order valence-electron chi connectivity index (χ4n) is 5.64. The van der Waals surface area contributed by atoms with Crippen LogP contribution >= 0.6 is 0 Å². The molecule has 1 aromatic heterocycles. The monoisotopic (exact) mass is 523 g/mol. The Morgan fingerprint density at radius 2 is 1.64 bits per heavy atom. The lowest BCUT2D eigenvalue weighted by Crippen LogP contribution is -2.56. The first-order valence-electron chi connectivity index (χ1n) is 12.1. The molecule has 3 fully saturated rings. The van der Waals surface area contributed by atoms with E-state index >= 15 is 0 Å². The predicted molar refractivity (Wildman–Crippen MR) is 112 cm³/mol. The first-order chi connectivity index (χ1) is 16.9. The van der Waals surface area contributed by atoms with Gasteiger partial charge in [-0.1, -0.05) is 0 Å². The van der Waals surface area contributed by atoms with Crippen molar-refractivity contribution in [3.05, 3.63) is 17.7 Å². The van der Waals surface area contributed by atoms with Gasteiger partial charge >= 0.3 is 18.4 Å². The quantitative estimate of drug-likeness (QED) is 0.567. The number of aromatic nitrogens is 2. The van der Waals surface area contributed by atoms with Crippen molar-refractivity contribution >= 4 is 12.0 Å². The Morgan fingerprint density at radius 1 is 0.972 bits per heavy atom. The molecule has 8 nitrogen and oxygen atoms in total. The Bertz CT molecular complexity index is 999. The molecule has 36 heavy (non-hydrogen) atoms. The van der Waals surface area contributed by atoms with Crippen molar-refractivity contribution in [1.29, 1.82) is 0 Å². The molecule has 3 aliphatic heterocycles. The van der Waals surface area contributed by atoms with Gasteiger partial charge in [0.25, 0.3) is 12.0 Å². The van der Waals surface area contributed by atoms with Crippen molar-refractivity contribution in [3.8, 4) is 0 Å². The van der Waals surface area contributed by atoms with E-state index in [-0.39, 0.29) is 31.8 Å². The zero-order valence-electron chi connectivity index (χ0n) is 19.4. The van der Waals surface area contributed by atoms with Crippen molar-refractivity contribution in [2.45, 2.75) is 81.7 Å². The molecule has 2 amide bonds. The maximum atomic E-state index is 13.4. The smallest absolute Gasteiger partial charge is 0.426 e. The summed E-state index contributed by atoms with van der Waals surface area (Å²) in [5.41, 5.74) is -0.283. The van der Waals surface area contributed by atoms with Crippen molar-refractivity contribution < 1.29 is 40.7 Å². The molecular weight excluding hydrogens is 496 g/mol. The first-order valence-corrected chi connectivity index (χ1v) is 12.1. The van der Waals surface area contributed by atoms with Crippen LogP contribution in [0.1, 0.15) is 54.8 Å². The molecule has 2 saturated heterocycles. The number of carbonyl (C=O) groups excluding carboxylic acids is 2. The minimum atomic E-state index is -5.76. The third-order valence-corrected chi connectivity index (χ3v) is 7.72. The molecule has 1 saturated carbocycles. The second-order valence-electron chi connectivity index (χ2n) is 10.1. The molecular formula is C22H27F6N5O3. The van der Waals surface area contributed by atoms with E-state index in [1.807, 2.05) is 4.57 Å². The van der Waals surface area contributed by atoms with Gasteiger partial charge in [-0.3, -0.25) is 9.69 Å². The summed E-state index contributed by atoms with van der Waals surface area (Å²) in [4.78, 5) is 35.1. The lowest BCUT2D eigenvalue weighted by molar-refractivity contribution is -0.308. The van der Waals surface area contributed by atoms with Crippen molar-refractivity contribution in [2.24, 2.45) is 0 Å². The van der Waals surface area contributed by atoms with Gasteiger partial charge in [0, 0.05) is 50.5 Å². The van der Waals surface area contributed by atoms with Gasteiger partial charge in [-0.15, -0.1) is 0 Å². The average Bonchev–Trinajstić information content (AvgIpc) is 3.45. The fourth-order valence-corrected chi connectivity index (χ4v) is 5.64. The van der Waals surface area contributed by atoms with Crippen LogP contribution in [0.15, 0.2) is 6.20 Å². The summed E-state index contributed by atoms with van der Waals surface area (Å²) >= 11 is 0. The zero-order valence-corrected chi connectivity index (χ0v) is 19.4. The molecule has 0 radical (unpaired) electrons. The van der Waals surface area contributed by atoms with Crippen molar-refractivity contribution in [2.75, 3.05) is 26.2 Å². The van der Waals surface area contributed by atoms with Gasteiger partial charge < -0.3 is 19.1 Å². The van der Waals surface area contributed by atoms with E-state index in [1.54, 1.807) is 11.1 Å². The number of halogens is 6. The number of fused-ring (bicyclic) bond motifs is 1. The van der Waals surface area contributed by atoms with Crippen LogP contribution in [0, 0.1) is 0 Å². The highest BCUT2D eigenvalue weighted by Crippen LogP contribution is 2.41. The SMILES string of the molecule is O=C(OC(C(F)(F)F)C(F)(F)F)N1CCC2(CCCN2C(=O)c2cn3c(n2)CN(C2CC2)CC3)CC1. The summed E-state index contributed by atoms with van der Waals surface area (Å²) in [6.45, 7) is 2.61. The lowest BCUT2D eigenvalue weighted by atomic mass is 9.85. The zero-order chi connectivity index (χ0) is 25.9. The second-order valence-corrected chi connectivity index (χ2v) is 10.1. The topological polar surface area (TPSA) is 70.9 Å². The van der Waals surface area contributed by atoms with Gasteiger partial charge in [-0.05, 0) is 38.5 Å². The minimum absolute atomic E-state index is 0.110. The largest absolute Gasteiger partial charge is 0.434 e. The summed E-state index contributed by atoms with van der Waals surface area (Å²) in [7, 11) is 0. The number of hydrogen-bond donors (Lipinski definition) is 0. The van der Waals surface area contributed by atoms with Gasteiger partial charge in [0.05, 0.1) is 6.54 Å². The molecule has 4 aliphatic rings. The maximum absolute atomic E-state index is 13.4. The normalized spacial score (nSPS) is 22.9. The van der Waals surface area contributed by atoms with Crippen LogP contribution in [0.4, 0.5) is 31.1 Å². The molecule has 0 atom stereocenters. The Labute approximate surface area is 203 Å². The Morgan fingerprint density at radius 3 is 2.25 bits per heavy atom. The van der Waals surface area contributed by atoms with Crippen LogP contribution in [0.25, 0.3) is 0 Å². The number of nitrogens with zero attached hydrogens (tertiary/aromatic N) is 5. The predicted octanol–water partition coefficient (Wildman–Crippen LogP) is 3.56. The number of amides is 2. The van der Waals surface area contributed by atoms with Gasteiger partial charge in [0.15, 0.2) is 0 Å². The van der Waals surface area contributed by atoms with Crippen LogP contribution in [0.2, 0.25) is 0 Å². The molecule has 4 heterocycles. The number of rotatable bonds is 3. The van der Waals surface area contributed by atoms with Crippen molar-refractivity contribution in [1.82, 2.24) is 24.3 Å². The van der Waals surface area contributed by atoms with E-state index in [4.69, 9.17) is 0 Å². The number of hydrogen-bond acceptors (Lipinski definition) is 5. The van der Waals surface area contributed by atoms with E-state index in [2.05, 4.69) is 14.6 Å². The fraction of sp³-hybridized carbons (Fsp3) is 0.773. The summed E-state index contributed by atoms with van der Waals surface area (Å²) in [6.07, 6.45) is -11.4. The molecule has 0 aromatic carbocycles. The van der Waals surface area contributed by atoms with Crippen LogP contribution in [0.5, 0.6) is 0 Å². The number of carbonyl (C=O) groups is 2.